The molecule has 1 N–H and O–H groups in total. The average Bonchev–Trinajstić information content (AvgIpc) is 2.89. The Morgan fingerprint density at radius 2 is 1.89 bits per heavy atom. The Hall–Kier alpha value is -1.04. The van der Waals surface area contributed by atoms with Gasteiger partial charge >= 0.3 is 0 Å². The number of Topliss-reactive ketones (excluding diaryl/α,β-unsaturated/α-hetero) is 1. The van der Waals surface area contributed by atoms with Crippen LogP contribution in [-0.4, -0.2) is 45.8 Å². The van der Waals surface area contributed by atoms with Crippen molar-refractivity contribution < 1.29 is 23.5 Å². The van der Waals surface area contributed by atoms with Crippen LogP contribution in [0.1, 0.15) is 39.0 Å². The molecule has 0 bridgehead atoms. The monoisotopic (exact) mass is 261 g/mol. The van der Waals surface area contributed by atoms with Gasteiger partial charge in [0.25, 0.3) is 11.8 Å². The van der Waals surface area contributed by atoms with Crippen molar-refractivity contribution >= 4 is 11.7 Å². The lowest BCUT2D eigenvalue weighted by molar-refractivity contribution is -0.148. The molecular weight excluding hydrogens is 244 g/mol. The third-order valence-electron chi connectivity index (χ3n) is 4.09. The van der Waals surface area contributed by atoms with Gasteiger partial charge in [-0.2, -0.15) is 0 Å². The highest BCUT2D eigenvalue weighted by molar-refractivity contribution is 6.36. The van der Waals surface area contributed by atoms with Crippen LogP contribution >= 0.6 is 0 Å². The molecule has 1 aliphatic heterocycles. The maximum Gasteiger partial charge on any atom is 0.292 e. The quantitative estimate of drug-likeness (QED) is 0.758. The van der Waals surface area contributed by atoms with E-state index in [-0.39, 0.29) is 6.42 Å². The van der Waals surface area contributed by atoms with E-state index in [1.165, 1.54) is 6.92 Å². The summed E-state index contributed by atoms with van der Waals surface area (Å²) in [4.78, 5) is 24.3. The molecule has 18 heavy (non-hydrogen) atoms. The molecule has 1 saturated heterocycles. The van der Waals surface area contributed by atoms with Gasteiger partial charge in [0.1, 0.15) is 6.10 Å². The van der Waals surface area contributed by atoms with Crippen LogP contribution < -0.4 is 0 Å². The largest absolute Gasteiger partial charge is 0.384 e. The number of hydrogen-bond acceptors (Lipinski definition) is 3. The minimum absolute atomic E-state index is 0.00687. The van der Waals surface area contributed by atoms with Gasteiger partial charge in [0, 0.05) is 6.42 Å². The molecule has 1 spiro atoms. The van der Waals surface area contributed by atoms with Gasteiger partial charge in [-0.3, -0.25) is 9.59 Å². The summed E-state index contributed by atoms with van der Waals surface area (Å²) in [5.74, 6) is -4.88. The van der Waals surface area contributed by atoms with Crippen LogP contribution in [0.3, 0.4) is 0 Å². The highest BCUT2D eigenvalue weighted by Gasteiger charge is 2.65. The maximum absolute atomic E-state index is 13.7. The van der Waals surface area contributed by atoms with Crippen LogP contribution in [0.4, 0.5) is 8.78 Å². The van der Waals surface area contributed by atoms with Crippen LogP contribution in [-0.2, 0) is 9.59 Å². The minimum atomic E-state index is -3.33. The smallest absolute Gasteiger partial charge is 0.292 e. The van der Waals surface area contributed by atoms with Gasteiger partial charge < -0.3 is 10.0 Å². The molecule has 0 radical (unpaired) electrons. The first-order chi connectivity index (χ1) is 8.35. The Kier molecular flexibility index (Phi) is 3.17. The Morgan fingerprint density at radius 1 is 1.33 bits per heavy atom. The number of halogens is 2. The number of rotatable bonds is 2. The predicted octanol–water partition coefficient (Wildman–Crippen LogP) is 1.12. The Bertz CT molecular complexity index is 378. The Balaban J connectivity index is 2.34. The fourth-order valence-corrected chi connectivity index (χ4v) is 3.10. The highest BCUT2D eigenvalue weighted by atomic mass is 19.3. The van der Waals surface area contributed by atoms with E-state index in [0.29, 0.717) is 25.7 Å². The Labute approximate surface area is 104 Å². The van der Waals surface area contributed by atoms with Crippen LogP contribution in [0, 0.1) is 0 Å². The molecule has 1 atom stereocenters. The summed E-state index contributed by atoms with van der Waals surface area (Å²) in [6.45, 7) is 0.672. The summed E-state index contributed by atoms with van der Waals surface area (Å²) in [5.41, 5.74) is -1.23. The molecule has 4 nitrogen and oxygen atoms in total. The Morgan fingerprint density at radius 3 is 2.39 bits per heavy atom. The van der Waals surface area contributed by atoms with Gasteiger partial charge in [-0.15, -0.1) is 0 Å². The number of carbonyl (C=O) groups excluding carboxylic acids is 2. The summed E-state index contributed by atoms with van der Waals surface area (Å²) < 4.78 is 27.3. The first-order valence-electron chi connectivity index (χ1n) is 6.26. The molecule has 2 rings (SSSR count). The summed E-state index contributed by atoms with van der Waals surface area (Å²) in [6, 6.07) is 0. The van der Waals surface area contributed by atoms with Crippen molar-refractivity contribution in [2.45, 2.75) is 56.6 Å². The van der Waals surface area contributed by atoms with E-state index < -0.39 is 35.8 Å². The third-order valence-corrected chi connectivity index (χ3v) is 4.09. The lowest BCUT2D eigenvalue weighted by atomic mass is 9.90. The molecule has 1 saturated carbocycles. The number of aliphatic hydroxyl groups excluding tert-OH is 1. The van der Waals surface area contributed by atoms with E-state index in [2.05, 4.69) is 0 Å². The van der Waals surface area contributed by atoms with E-state index in [0.717, 1.165) is 4.90 Å². The fourth-order valence-electron chi connectivity index (χ4n) is 3.10. The molecule has 102 valence electrons. The third kappa shape index (κ3) is 1.74. The summed E-state index contributed by atoms with van der Waals surface area (Å²) in [6.07, 6.45) is 0.196. The number of likely N-dealkylation sites (tertiary alicyclic amines) is 1. The van der Waals surface area contributed by atoms with E-state index in [1.807, 2.05) is 0 Å². The predicted molar refractivity (Wildman–Crippen MR) is 59.2 cm³/mol. The van der Waals surface area contributed by atoms with Gasteiger partial charge in [0.15, 0.2) is 0 Å². The van der Waals surface area contributed by atoms with Crippen molar-refractivity contribution in [2.75, 3.05) is 6.54 Å². The zero-order chi connectivity index (χ0) is 13.6. The zero-order valence-electron chi connectivity index (χ0n) is 10.3. The summed E-state index contributed by atoms with van der Waals surface area (Å²) in [7, 11) is 0. The highest BCUT2D eigenvalue weighted by Crippen LogP contribution is 2.48. The number of alkyl halides is 2. The maximum atomic E-state index is 13.7. The molecule has 1 heterocycles. The number of carbonyl (C=O) groups is 2. The van der Waals surface area contributed by atoms with E-state index in [4.69, 9.17) is 0 Å². The van der Waals surface area contributed by atoms with Crippen LogP contribution in [0.15, 0.2) is 0 Å². The standard InChI is InChI=1S/C12H17F2NO3/c1-2-8(16)9(17)15-7-12(13,14)10(18)11(15)5-3-4-6-11/h10,18H,2-7H2,1H3. The van der Waals surface area contributed by atoms with Crippen molar-refractivity contribution in [3.05, 3.63) is 0 Å². The van der Waals surface area contributed by atoms with Gasteiger partial charge in [0.05, 0.1) is 12.1 Å². The van der Waals surface area contributed by atoms with Gasteiger partial charge in [0.2, 0.25) is 5.78 Å². The molecule has 2 fully saturated rings. The number of amides is 1. The second-order valence-electron chi connectivity index (χ2n) is 5.14. The first kappa shape index (κ1) is 13.4. The average molecular weight is 261 g/mol. The molecule has 1 unspecified atom stereocenters. The first-order valence-corrected chi connectivity index (χ1v) is 6.26. The van der Waals surface area contributed by atoms with Gasteiger partial charge in [-0.25, -0.2) is 8.78 Å². The molecule has 1 amide bonds. The molecule has 6 heteroatoms. The molecular formula is C12H17F2NO3. The minimum Gasteiger partial charge on any atom is -0.384 e. The molecule has 1 aliphatic carbocycles. The zero-order valence-corrected chi connectivity index (χ0v) is 10.3. The topological polar surface area (TPSA) is 57.6 Å². The van der Waals surface area contributed by atoms with Crippen molar-refractivity contribution in [3.8, 4) is 0 Å². The molecule has 0 aromatic carbocycles. The fraction of sp³-hybridized carbons (Fsp3) is 0.833. The normalized spacial score (nSPS) is 28.9. The van der Waals surface area contributed by atoms with Crippen molar-refractivity contribution in [2.24, 2.45) is 0 Å². The van der Waals surface area contributed by atoms with Crippen LogP contribution in [0.5, 0.6) is 0 Å². The number of nitrogens with zero attached hydrogens (tertiary/aromatic N) is 1. The summed E-state index contributed by atoms with van der Waals surface area (Å²) in [5, 5.41) is 9.83. The molecule has 2 aliphatic rings. The number of hydrogen-bond donors (Lipinski definition) is 1. The molecule has 0 aromatic heterocycles. The van der Waals surface area contributed by atoms with E-state index >= 15 is 0 Å². The van der Waals surface area contributed by atoms with Gasteiger partial charge in [-0.1, -0.05) is 19.8 Å². The van der Waals surface area contributed by atoms with Crippen molar-refractivity contribution in [1.29, 1.82) is 0 Å². The van der Waals surface area contributed by atoms with Crippen molar-refractivity contribution in [3.63, 3.8) is 0 Å². The lowest BCUT2D eigenvalue weighted by Crippen LogP contribution is -2.53. The lowest BCUT2D eigenvalue weighted by Gasteiger charge is -2.36. The molecule has 0 aromatic rings. The second-order valence-corrected chi connectivity index (χ2v) is 5.14. The van der Waals surface area contributed by atoms with Crippen molar-refractivity contribution in [1.82, 2.24) is 4.90 Å². The summed E-state index contributed by atoms with van der Waals surface area (Å²) >= 11 is 0. The number of aliphatic hydroxyl groups is 1. The van der Waals surface area contributed by atoms with Gasteiger partial charge in [-0.05, 0) is 12.8 Å². The van der Waals surface area contributed by atoms with Crippen LogP contribution in [0.25, 0.3) is 0 Å². The second kappa shape index (κ2) is 4.26. The van der Waals surface area contributed by atoms with E-state index in [9.17, 15) is 23.5 Å². The SMILES string of the molecule is CCC(=O)C(=O)N1CC(F)(F)C(O)C12CCCC2. The van der Waals surface area contributed by atoms with Crippen LogP contribution in [0.2, 0.25) is 0 Å². The number of ketones is 1. The van der Waals surface area contributed by atoms with E-state index in [1.54, 1.807) is 0 Å².